The summed E-state index contributed by atoms with van der Waals surface area (Å²) in [7, 11) is 3.56. The smallest absolute Gasteiger partial charge is 0.182 e. The lowest BCUT2D eigenvalue weighted by molar-refractivity contribution is 0.163. The molecule has 7 heteroatoms. The molecule has 1 rings (SSSR count). The number of hydrogen-bond acceptors (Lipinski definition) is 4. The van der Waals surface area contributed by atoms with Gasteiger partial charge in [-0.25, -0.2) is 8.78 Å². The molecule has 0 unspecified atom stereocenters. The minimum absolute atomic E-state index is 0.0831. The van der Waals surface area contributed by atoms with Crippen molar-refractivity contribution >= 4 is 22.9 Å². The molecule has 0 aliphatic heterocycles. The molecule has 112 valence electrons. The fraction of sp³-hybridized carbons (Fsp3) is 0.462. The van der Waals surface area contributed by atoms with Gasteiger partial charge >= 0.3 is 0 Å². The molecule has 4 nitrogen and oxygen atoms in total. The van der Waals surface area contributed by atoms with Gasteiger partial charge in [0.05, 0.1) is 12.3 Å². The summed E-state index contributed by atoms with van der Waals surface area (Å²) in [6.45, 7) is 2.57. The molecule has 0 spiro atoms. The molecule has 0 saturated heterocycles. The van der Waals surface area contributed by atoms with E-state index >= 15 is 0 Å². The Bertz CT molecular complexity index is 471. The molecule has 0 fully saturated rings. The topological polar surface area (TPSA) is 50.5 Å². The average Bonchev–Trinajstić information content (AvgIpc) is 2.40. The number of nitrogens with zero attached hydrogens (tertiary/aromatic N) is 1. The second-order valence-corrected chi connectivity index (χ2v) is 4.82. The van der Waals surface area contributed by atoms with E-state index in [0.29, 0.717) is 19.7 Å². The van der Waals surface area contributed by atoms with Crippen LogP contribution < -0.4 is 11.1 Å². The van der Waals surface area contributed by atoms with Gasteiger partial charge in [0.25, 0.3) is 0 Å². The molecule has 0 radical (unpaired) electrons. The number of nitrogens with two attached hydrogens (primary N) is 1. The van der Waals surface area contributed by atoms with Gasteiger partial charge in [-0.15, -0.1) is 0 Å². The third-order valence-corrected chi connectivity index (χ3v) is 3.05. The average molecular weight is 303 g/mol. The third-order valence-electron chi connectivity index (χ3n) is 2.83. The summed E-state index contributed by atoms with van der Waals surface area (Å²) < 4.78 is 32.4. The van der Waals surface area contributed by atoms with Gasteiger partial charge in [-0.1, -0.05) is 12.2 Å². The summed E-state index contributed by atoms with van der Waals surface area (Å²) >= 11 is 4.65. The lowest BCUT2D eigenvalue weighted by Crippen LogP contribution is -2.28. The number of ether oxygens (including phenoxy) is 1. The largest absolute Gasteiger partial charge is 0.389 e. The summed E-state index contributed by atoms with van der Waals surface area (Å²) in [5, 5.41) is 2.85. The zero-order valence-electron chi connectivity index (χ0n) is 11.6. The zero-order chi connectivity index (χ0) is 15.1. The first kappa shape index (κ1) is 16.7. The molecule has 1 aromatic rings. The van der Waals surface area contributed by atoms with E-state index in [9.17, 15) is 8.78 Å². The van der Waals surface area contributed by atoms with Crippen molar-refractivity contribution in [1.82, 2.24) is 4.90 Å². The standard InChI is InChI=1S/C13H19F2N3OS/c1-18(7-8-19-2)6-5-17-10-4-3-9(13(16)20)11(14)12(10)15/h3-4,17H,5-8H2,1-2H3,(H2,16,20). The summed E-state index contributed by atoms with van der Waals surface area (Å²) in [6.07, 6.45) is 0. The van der Waals surface area contributed by atoms with Crippen LogP contribution in [0.5, 0.6) is 0 Å². The Morgan fingerprint density at radius 2 is 2.05 bits per heavy atom. The van der Waals surface area contributed by atoms with E-state index in [0.717, 1.165) is 6.54 Å². The Hall–Kier alpha value is -1.31. The molecule has 0 aromatic heterocycles. The SMILES string of the molecule is COCCN(C)CCNc1ccc(C(N)=S)c(F)c1F. The van der Waals surface area contributed by atoms with Crippen LogP contribution in [0.2, 0.25) is 0 Å². The second kappa shape index (κ2) is 8.08. The van der Waals surface area contributed by atoms with Gasteiger partial charge < -0.3 is 20.7 Å². The lowest BCUT2D eigenvalue weighted by atomic mass is 10.2. The normalized spacial score (nSPS) is 10.8. The van der Waals surface area contributed by atoms with Crippen LogP contribution in [-0.4, -0.2) is 50.3 Å². The van der Waals surface area contributed by atoms with Crippen molar-refractivity contribution in [3.63, 3.8) is 0 Å². The highest BCUT2D eigenvalue weighted by Gasteiger charge is 2.14. The fourth-order valence-electron chi connectivity index (χ4n) is 1.62. The van der Waals surface area contributed by atoms with Gasteiger partial charge in [0.1, 0.15) is 4.99 Å². The Balaban J connectivity index is 2.57. The molecular weight excluding hydrogens is 284 g/mol. The molecule has 20 heavy (non-hydrogen) atoms. The number of methoxy groups -OCH3 is 1. The molecule has 1 aromatic carbocycles. The summed E-state index contributed by atoms with van der Waals surface area (Å²) in [5.74, 6) is -1.98. The monoisotopic (exact) mass is 303 g/mol. The number of thiocarbonyl (C=S) groups is 1. The molecule has 0 amide bonds. The van der Waals surface area contributed by atoms with Gasteiger partial charge in [-0.3, -0.25) is 0 Å². The van der Waals surface area contributed by atoms with E-state index in [1.165, 1.54) is 12.1 Å². The zero-order valence-corrected chi connectivity index (χ0v) is 12.4. The number of hydrogen-bond donors (Lipinski definition) is 2. The highest BCUT2D eigenvalue weighted by Crippen LogP contribution is 2.20. The Kier molecular flexibility index (Phi) is 6.77. The lowest BCUT2D eigenvalue weighted by Gasteiger charge is -2.17. The first-order chi connectivity index (χ1) is 9.47. The van der Waals surface area contributed by atoms with Crippen LogP contribution in [0.25, 0.3) is 0 Å². The van der Waals surface area contributed by atoms with E-state index in [-0.39, 0.29) is 16.2 Å². The van der Waals surface area contributed by atoms with Crippen molar-refractivity contribution in [2.24, 2.45) is 5.73 Å². The van der Waals surface area contributed by atoms with Crippen molar-refractivity contribution in [3.8, 4) is 0 Å². The maximum atomic E-state index is 13.8. The van der Waals surface area contributed by atoms with E-state index in [1.54, 1.807) is 7.11 Å². The van der Waals surface area contributed by atoms with E-state index in [2.05, 4.69) is 17.5 Å². The highest BCUT2D eigenvalue weighted by atomic mass is 32.1. The summed E-state index contributed by atoms with van der Waals surface area (Å²) in [6, 6.07) is 2.81. The van der Waals surface area contributed by atoms with Crippen molar-refractivity contribution in [2.75, 3.05) is 45.7 Å². The molecule has 0 atom stereocenters. The molecular formula is C13H19F2N3OS. The minimum Gasteiger partial charge on any atom is -0.389 e. The number of halogens is 2. The van der Waals surface area contributed by atoms with Crippen LogP contribution in [0.15, 0.2) is 12.1 Å². The van der Waals surface area contributed by atoms with Gasteiger partial charge in [-0.05, 0) is 19.2 Å². The second-order valence-electron chi connectivity index (χ2n) is 4.38. The van der Waals surface area contributed by atoms with Gasteiger partial charge in [0, 0.05) is 32.3 Å². The first-order valence-corrected chi connectivity index (χ1v) is 6.57. The number of benzene rings is 1. The van der Waals surface area contributed by atoms with E-state index < -0.39 is 11.6 Å². The number of anilines is 1. The van der Waals surface area contributed by atoms with Crippen molar-refractivity contribution < 1.29 is 13.5 Å². The first-order valence-electron chi connectivity index (χ1n) is 6.16. The van der Waals surface area contributed by atoms with Gasteiger partial charge in [0.2, 0.25) is 0 Å². The number of likely N-dealkylation sites (N-methyl/N-ethyl adjacent to an activating group) is 1. The van der Waals surface area contributed by atoms with Crippen LogP contribution in [0.3, 0.4) is 0 Å². The predicted molar refractivity (Wildman–Crippen MR) is 80.1 cm³/mol. The van der Waals surface area contributed by atoms with E-state index in [4.69, 9.17) is 10.5 Å². The maximum Gasteiger partial charge on any atom is 0.182 e. The Morgan fingerprint density at radius 1 is 1.35 bits per heavy atom. The predicted octanol–water partition coefficient (Wildman–Crippen LogP) is 1.59. The maximum absolute atomic E-state index is 13.8. The van der Waals surface area contributed by atoms with Crippen molar-refractivity contribution in [2.45, 2.75) is 0 Å². The van der Waals surface area contributed by atoms with Gasteiger partial charge in [0.15, 0.2) is 11.6 Å². The fourth-order valence-corrected chi connectivity index (χ4v) is 1.77. The van der Waals surface area contributed by atoms with Crippen molar-refractivity contribution in [1.29, 1.82) is 0 Å². The summed E-state index contributed by atoms with van der Waals surface area (Å²) in [5.41, 5.74) is 5.32. The minimum atomic E-state index is -1.02. The molecule has 0 saturated carbocycles. The van der Waals surface area contributed by atoms with Crippen LogP contribution in [-0.2, 0) is 4.74 Å². The quantitative estimate of drug-likeness (QED) is 0.714. The van der Waals surface area contributed by atoms with Crippen LogP contribution in [0, 0.1) is 11.6 Å². The van der Waals surface area contributed by atoms with Crippen molar-refractivity contribution in [3.05, 3.63) is 29.3 Å². The summed E-state index contributed by atoms with van der Waals surface area (Å²) in [4.78, 5) is 1.86. The molecule has 0 bridgehead atoms. The van der Waals surface area contributed by atoms with Gasteiger partial charge in [-0.2, -0.15) is 0 Å². The Morgan fingerprint density at radius 3 is 2.65 bits per heavy atom. The molecule has 0 aliphatic rings. The highest BCUT2D eigenvalue weighted by molar-refractivity contribution is 7.80. The molecule has 0 aliphatic carbocycles. The van der Waals surface area contributed by atoms with Crippen LogP contribution in [0.4, 0.5) is 14.5 Å². The third kappa shape index (κ3) is 4.66. The number of rotatable bonds is 8. The molecule has 3 N–H and O–H groups in total. The van der Waals surface area contributed by atoms with Crippen LogP contribution >= 0.6 is 12.2 Å². The Labute approximate surface area is 122 Å². The molecule has 0 heterocycles. The number of nitrogens with one attached hydrogen (secondary N) is 1. The van der Waals surface area contributed by atoms with Crippen LogP contribution in [0.1, 0.15) is 5.56 Å². The van der Waals surface area contributed by atoms with E-state index in [1.807, 2.05) is 11.9 Å².